The molecule has 0 radical (unpaired) electrons. The number of carbonyl (C=O) groups is 3. The molecule has 206 valence electrons. The number of benzene rings is 1. The van der Waals surface area contributed by atoms with Crippen molar-refractivity contribution in [3.63, 3.8) is 0 Å². The molecule has 1 aromatic carbocycles. The van der Waals surface area contributed by atoms with Crippen molar-refractivity contribution in [2.24, 2.45) is 0 Å². The Morgan fingerprint density at radius 2 is 1.74 bits per heavy atom. The Morgan fingerprint density at radius 3 is 2.32 bits per heavy atom. The van der Waals surface area contributed by atoms with Gasteiger partial charge in [-0.2, -0.15) is 0 Å². The minimum Gasteiger partial charge on any atom is -0.507 e. The number of rotatable bonds is 11. The molecular formula is C28H37N3O7. The molecule has 1 fully saturated rings. The molecule has 1 amide bonds. The van der Waals surface area contributed by atoms with Crippen molar-refractivity contribution in [2.75, 3.05) is 47.0 Å². The summed E-state index contributed by atoms with van der Waals surface area (Å²) >= 11 is 0. The maximum atomic E-state index is 13.5. The van der Waals surface area contributed by atoms with Crippen molar-refractivity contribution < 1.29 is 33.7 Å². The Bertz CT molecular complexity index is 1240. The fraction of sp³-hybridized carbons (Fsp3) is 0.464. The van der Waals surface area contributed by atoms with Gasteiger partial charge in [-0.05, 0) is 57.1 Å². The number of aliphatic hydroxyl groups excluding tert-OH is 1. The first-order chi connectivity index (χ1) is 18.1. The van der Waals surface area contributed by atoms with Crippen LogP contribution in [0.5, 0.6) is 11.5 Å². The van der Waals surface area contributed by atoms with Crippen molar-refractivity contribution >= 4 is 23.4 Å². The van der Waals surface area contributed by atoms with E-state index in [1.54, 1.807) is 39.0 Å². The Morgan fingerprint density at radius 1 is 1.08 bits per heavy atom. The van der Waals surface area contributed by atoms with Gasteiger partial charge in [0.25, 0.3) is 11.7 Å². The van der Waals surface area contributed by atoms with Crippen molar-refractivity contribution in [2.45, 2.75) is 40.7 Å². The Labute approximate surface area is 223 Å². The van der Waals surface area contributed by atoms with Crippen molar-refractivity contribution in [3.05, 3.63) is 51.9 Å². The number of nitrogens with one attached hydrogen (secondary N) is 1. The highest BCUT2D eigenvalue weighted by Gasteiger charge is 2.46. The highest BCUT2D eigenvalue weighted by Crippen LogP contribution is 2.43. The van der Waals surface area contributed by atoms with Crippen LogP contribution >= 0.6 is 0 Å². The van der Waals surface area contributed by atoms with Crippen LogP contribution in [0.1, 0.15) is 59.7 Å². The van der Waals surface area contributed by atoms with E-state index in [4.69, 9.17) is 14.2 Å². The summed E-state index contributed by atoms with van der Waals surface area (Å²) in [5, 5.41) is 11.6. The predicted molar refractivity (Wildman–Crippen MR) is 143 cm³/mol. The number of likely N-dealkylation sites (tertiary alicyclic amines) is 1. The first kappa shape index (κ1) is 28.8. The second-order valence-electron chi connectivity index (χ2n) is 8.98. The van der Waals surface area contributed by atoms with Gasteiger partial charge < -0.3 is 34.1 Å². The molecule has 2 aromatic rings. The molecule has 1 aliphatic heterocycles. The fourth-order valence-electron chi connectivity index (χ4n) is 4.92. The highest BCUT2D eigenvalue weighted by molar-refractivity contribution is 6.46. The molecule has 0 saturated carbocycles. The zero-order valence-electron chi connectivity index (χ0n) is 23.1. The summed E-state index contributed by atoms with van der Waals surface area (Å²) < 4.78 is 16.0. The first-order valence-corrected chi connectivity index (χ1v) is 12.7. The van der Waals surface area contributed by atoms with Crippen LogP contribution in [0, 0.1) is 13.8 Å². The van der Waals surface area contributed by atoms with Crippen molar-refractivity contribution in [1.82, 2.24) is 14.8 Å². The number of ether oxygens (including phenoxy) is 3. The Kier molecular flexibility index (Phi) is 9.22. The topological polar surface area (TPSA) is 121 Å². The second-order valence-corrected chi connectivity index (χ2v) is 8.98. The number of hydrogen-bond acceptors (Lipinski definition) is 8. The lowest BCUT2D eigenvalue weighted by molar-refractivity contribution is -0.140. The average Bonchev–Trinajstić information content (AvgIpc) is 3.35. The van der Waals surface area contributed by atoms with Gasteiger partial charge in [0.15, 0.2) is 11.5 Å². The fourth-order valence-corrected chi connectivity index (χ4v) is 4.92. The minimum absolute atomic E-state index is 0.0534. The lowest BCUT2D eigenvalue weighted by Crippen LogP contribution is -2.38. The van der Waals surface area contributed by atoms with E-state index in [-0.39, 0.29) is 30.2 Å². The summed E-state index contributed by atoms with van der Waals surface area (Å²) in [4.78, 5) is 45.9. The highest BCUT2D eigenvalue weighted by atomic mass is 16.5. The zero-order valence-corrected chi connectivity index (χ0v) is 23.1. The van der Waals surface area contributed by atoms with Gasteiger partial charge in [0.2, 0.25) is 0 Å². The van der Waals surface area contributed by atoms with Crippen LogP contribution in [-0.4, -0.2) is 84.6 Å². The third-order valence-corrected chi connectivity index (χ3v) is 6.97. The van der Waals surface area contributed by atoms with Gasteiger partial charge in [0, 0.05) is 24.3 Å². The lowest BCUT2D eigenvalue weighted by Gasteiger charge is -2.28. The summed E-state index contributed by atoms with van der Waals surface area (Å²) in [5.41, 5.74) is 1.91. The molecule has 0 bridgehead atoms. The number of nitrogens with zero attached hydrogens (tertiary/aromatic N) is 2. The molecule has 1 aromatic heterocycles. The summed E-state index contributed by atoms with van der Waals surface area (Å²) in [6, 6.07) is 4.28. The minimum atomic E-state index is -0.870. The number of aryl methyl sites for hydroxylation is 1. The number of Topliss-reactive ketones (excluding diaryl/α,β-unsaturated/α-hetero) is 1. The number of methoxy groups -OCH3 is 2. The quantitative estimate of drug-likeness (QED) is 0.197. The number of aromatic nitrogens is 1. The molecule has 0 aliphatic carbocycles. The number of carbonyl (C=O) groups excluding carboxylic acids is 3. The first-order valence-electron chi connectivity index (χ1n) is 12.7. The second kappa shape index (κ2) is 12.2. The van der Waals surface area contributed by atoms with Gasteiger partial charge in [0.1, 0.15) is 11.5 Å². The molecular weight excluding hydrogens is 490 g/mol. The Hall–Kier alpha value is -3.79. The van der Waals surface area contributed by atoms with Gasteiger partial charge in [0.05, 0.1) is 32.4 Å². The molecule has 1 saturated heterocycles. The number of esters is 1. The lowest BCUT2D eigenvalue weighted by atomic mass is 9.93. The van der Waals surface area contributed by atoms with Gasteiger partial charge in [-0.25, -0.2) is 4.79 Å². The van der Waals surface area contributed by atoms with E-state index in [0.717, 1.165) is 13.1 Å². The Balaban J connectivity index is 2.22. The average molecular weight is 528 g/mol. The van der Waals surface area contributed by atoms with Gasteiger partial charge >= 0.3 is 5.97 Å². The van der Waals surface area contributed by atoms with Crippen LogP contribution in [0.4, 0.5) is 0 Å². The van der Waals surface area contributed by atoms with Crippen LogP contribution in [0.25, 0.3) is 5.76 Å². The third kappa shape index (κ3) is 5.26. The van der Waals surface area contributed by atoms with Crippen LogP contribution < -0.4 is 9.47 Å². The molecule has 10 nitrogen and oxygen atoms in total. The molecule has 1 aliphatic rings. The summed E-state index contributed by atoms with van der Waals surface area (Å²) in [6.07, 6.45) is 0. The van der Waals surface area contributed by atoms with E-state index in [9.17, 15) is 19.5 Å². The maximum Gasteiger partial charge on any atom is 0.355 e. The number of aromatic amines is 1. The molecule has 0 spiro atoms. The van der Waals surface area contributed by atoms with E-state index in [1.165, 1.54) is 19.1 Å². The van der Waals surface area contributed by atoms with Gasteiger partial charge in [-0.15, -0.1) is 0 Å². The molecule has 2 heterocycles. The normalized spacial score (nSPS) is 16.8. The molecule has 3 rings (SSSR count). The number of likely N-dealkylation sites (N-methyl/N-ethyl adjacent to an activating group) is 1. The van der Waals surface area contributed by atoms with Crippen LogP contribution in [-0.2, 0) is 14.3 Å². The summed E-state index contributed by atoms with van der Waals surface area (Å²) in [5.74, 6) is -1.49. The molecule has 2 N–H and O–H groups in total. The number of amides is 1. The van der Waals surface area contributed by atoms with Crippen molar-refractivity contribution in [1.29, 1.82) is 0 Å². The molecule has 1 atom stereocenters. The van der Waals surface area contributed by atoms with Crippen LogP contribution in [0.3, 0.4) is 0 Å². The SMILES string of the molecule is CCOC(=O)c1[nH]c(C)c(C(O)=C2C(=O)C(=O)N(CCN(CC)CC)C2c2ccc(OC)c(OC)c2)c1C. The smallest absolute Gasteiger partial charge is 0.355 e. The van der Waals surface area contributed by atoms with Crippen LogP contribution in [0.2, 0.25) is 0 Å². The van der Waals surface area contributed by atoms with Gasteiger partial charge in [-0.1, -0.05) is 19.9 Å². The number of hydrogen-bond donors (Lipinski definition) is 2. The maximum absolute atomic E-state index is 13.5. The molecule has 1 unspecified atom stereocenters. The largest absolute Gasteiger partial charge is 0.507 e. The predicted octanol–water partition coefficient (Wildman–Crippen LogP) is 3.59. The van der Waals surface area contributed by atoms with E-state index in [0.29, 0.717) is 40.4 Å². The number of H-pyrrole nitrogens is 1. The van der Waals surface area contributed by atoms with E-state index in [2.05, 4.69) is 9.88 Å². The third-order valence-electron chi connectivity index (χ3n) is 6.97. The molecule has 10 heteroatoms. The van der Waals surface area contributed by atoms with E-state index < -0.39 is 23.7 Å². The van der Waals surface area contributed by atoms with Crippen LogP contribution in [0.15, 0.2) is 23.8 Å². The standard InChI is InChI=1S/C28H37N3O7/c1-8-30(9-2)13-14-31-24(18-11-12-19(36-6)20(15-18)37-7)22(26(33)27(31)34)25(32)21-16(4)23(29-17(21)5)28(35)38-10-3/h11-12,15,24,29,32H,8-10,13-14H2,1-7H3. The number of aliphatic hydroxyl groups is 1. The summed E-state index contributed by atoms with van der Waals surface area (Å²) in [6.45, 7) is 11.7. The summed E-state index contributed by atoms with van der Waals surface area (Å²) in [7, 11) is 3.02. The number of ketones is 1. The zero-order chi connectivity index (χ0) is 28.1. The molecule has 38 heavy (non-hydrogen) atoms. The monoisotopic (exact) mass is 527 g/mol. The van der Waals surface area contributed by atoms with Gasteiger partial charge in [-0.3, -0.25) is 9.59 Å². The van der Waals surface area contributed by atoms with E-state index >= 15 is 0 Å². The van der Waals surface area contributed by atoms with E-state index in [1.807, 2.05) is 13.8 Å². The van der Waals surface area contributed by atoms with Crippen molar-refractivity contribution in [3.8, 4) is 11.5 Å².